The number of amides is 2. The summed E-state index contributed by atoms with van der Waals surface area (Å²) in [7, 11) is 1.42. The lowest BCUT2D eigenvalue weighted by Gasteiger charge is -2.62. The van der Waals surface area contributed by atoms with Crippen LogP contribution in [-0.4, -0.2) is 75.1 Å². The summed E-state index contributed by atoms with van der Waals surface area (Å²) in [5.74, 6) is -0.529. The Labute approximate surface area is 225 Å². The Morgan fingerprint density at radius 2 is 1.89 bits per heavy atom. The largest absolute Gasteiger partial charge is 0.484 e. The van der Waals surface area contributed by atoms with Gasteiger partial charge in [0, 0.05) is 25.0 Å². The van der Waals surface area contributed by atoms with Crippen LogP contribution in [0.25, 0.3) is 0 Å². The number of rotatable bonds is 9. The average Bonchev–Trinajstić information content (AvgIpc) is 2.90. The monoisotopic (exact) mass is 593 g/mol. The molecule has 0 aromatic heterocycles. The molecule has 37 heavy (non-hydrogen) atoms. The van der Waals surface area contributed by atoms with Crippen molar-refractivity contribution >= 4 is 51.2 Å². The van der Waals surface area contributed by atoms with E-state index in [1.165, 1.54) is 48.0 Å². The number of halogens is 1. The van der Waals surface area contributed by atoms with Gasteiger partial charge in [-0.05, 0) is 31.2 Å². The average molecular weight is 594 g/mol. The molecule has 0 radical (unpaired) electrons. The van der Waals surface area contributed by atoms with Gasteiger partial charge in [-0.25, -0.2) is 4.79 Å². The molecule has 0 aliphatic carbocycles. The Hall–Kier alpha value is -3.16. The first kappa shape index (κ1) is 26.9. The lowest BCUT2D eigenvalue weighted by Crippen LogP contribution is -2.83. The minimum Gasteiger partial charge on any atom is -0.484 e. The number of nitro groups is 1. The van der Waals surface area contributed by atoms with Gasteiger partial charge in [-0.2, -0.15) is 0 Å². The summed E-state index contributed by atoms with van der Waals surface area (Å²) < 4.78 is 16.0. The lowest BCUT2D eigenvalue weighted by molar-refractivity contribution is -0.384. The van der Waals surface area contributed by atoms with E-state index in [0.29, 0.717) is 11.5 Å². The van der Waals surface area contributed by atoms with E-state index in [1.54, 1.807) is 24.3 Å². The summed E-state index contributed by atoms with van der Waals surface area (Å²) in [6.07, 6.45) is 0. The number of methoxy groups -OCH3 is 1. The summed E-state index contributed by atoms with van der Waals surface area (Å²) in [6.45, 7) is 1.28. The van der Waals surface area contributed by atoms with E-state index in [-0.39, 0.29) is 30.4 Å². The molecule has 2 fully saturated rings. The van der Waals surface area contributed by atoms with E-state index in [4.69, 9.17) is 14.2 Å². The Balaban J connectivity index is 1.43. The summed E-state index contributed by atoms with van der Waals surface area (Å²) in [4.78, 5) is 50.2. The smallest absolute Gasteiger partial charge is 0.338 e. The van der Waals surface area contributed by atoms with Crippen molar-refractivity contribution in [1.29, 1.82) is 0 Å². The van der Waals surface area contributed by atoms with Crippen LogP contribution in [0.5, 0.6) is 5.75 Å². The van der Waals surface area contributed by atoms with Crippen LogP contribution in [0, 0.1) is 10.1 Å². The molecule has 0 saturated carbocycles. The topological polar surface area (TPSA) is 137 Å². The fourth-order valence-electron chi connectivity index (χ4n) is 4.19. The van der Waals surface area contributed by atoms with Crippen LogP contribution < -0.4 is 10.1 Å². The third-order valence-electron chi connectivity index (χ3n) is 6.25. The number of non-ortho nitro benzene ring substituents is 1. The van der Waals surface area contributed by atoms with E-state index < -0.39 is 38.3 Å². The van der Waals surface area contributed by atoms with Gasteiger partial charge in [-0.1, -0.05) is 34.1 Å². The molecule has 11 nitrogen and oxygen atoms in total. The first-order chi connectivity index (χ1) is 17.6. The van der Waals surface area contributed by atoms with Gasteiger partial charge in [0.25, 0.3) is 17.5 Å². The predicted octanol–water partition coefficient (Wildman–Crippen LogP) is 2.73. The number of para-hydroxylation sites is 1. The van der Waals surface area contributed by atoms with E-state index >= 15 is 0 Å². The molecule has 4 atom stereocenters. The Morgan fingerprint density at radius 3 is 2.51 bits per heavy atom. The third-order valence-corrected chi connectivity index (χ3v) is 9.09. The first-order valence-electron chi connectivity index (χ1n) is 11.2. The zero-order valence-corrected chi connectivity index (χ0v) is 22.3. The molecule has 0 spiro atoms. The van der Waals surface area contributed by atoms with Crippen molar-refractivity contribution in [2.24, 2.45) is 0 Å². The van der Waals surface area contributed by atoms with Crippen molar-refractivity contribution in [2.75, 3.05) is 26.1 Å². The molecule has 2 aliphatic heterocycles. The maximum absolute atomic E-state index is 13.2. The number of carbonyl (C=O) groups is 3. The number of thioether (sulfide) groups is 1. The number of β-lactam (4-membered cyclic amide) rings is 1. The molecule has 2 aromatic rings. The summed E-state index contributed by atoms with van der Waals surface area (Å²) >= 11 is 5.10. The van der Waals surface area contributed by atoms with Gasteiger partial charge < -0.3 is 19.5 Å². The number of benzene rings is 2. The zero-order valence-electron chi connectivity index (χ0n) is 19.9. The number of nitrogens with zero attached hydrogens (tertiary/aromatic N) is 2. The number of hydrogen-bond acceptors (Lipinski definition) is 9. The van der Waals surface area contributed by atoms with Crippen LogP contribution in [0.2, 0.25) is 0 Å². The molecule has 1 N–H and O–H groups in total. The van der Waals surface area contributed by atoms with Crippen molar-refractivity contribution in [3.63, 3.8) is 0 Å². The van der Waals surface area contributed by atoms with Gasteiger partial charge >= 0.3 is 5.97 Å². The fourth-order valence-corrected chi connectivity index (χ4v) is 6.57. The van der Waals surface area contributed by atoms with Crippen molar-refractivity contribution in [3.8, 4) is 5.75 Å². The highest BCUT2D eigenvalue weighted by Crippen LogP contribution is 2.52. The second-order valence-electron chi connectivity index (χ2n) is 8.62. The first-order valence-corrected chi connectivity index (χ1v) is 13.0. The maximum atomic E-state index is 13.2. The molecular formula is C24H24BrN3O8S. The molecule has 0 bridgehead atoms. The van der Waals surface area contributed by atoms with Crippen molar-refractivity contribution in [1.82, 2.24) is 10.2 Å². The van der Waals surface area contributed by atoms with Gasteiger partial charge in [0.05, 0.1) is 14.8 Å². The van der Waals surface area contributed by atoms with Crippen LogP contribution in [0.3, 0.4) is 0 Å². The van der Waals surface area contributed by atoms with Gasteiger partial charge in [0.1, 0.15) is 23.8 Å². The standard InChI is InChI=1S/C24H24BrN3O8S/c1-23(25)14-37-21-19(26-18(29)12-35-17-6-4-3-5-7-17)20(30)27(21)24(23,34-2)13-36-22(31)15-8-10-16(11-9-15)28(32)33/h3-11,19,21H,12-14H2,1-2H3,(H,26,29)/t19-,21-,23+,24+/m1/s1. The molecule has 2 aliphatic rings. The van der Waals surface area contributed by atoms with Gasteiger partial charge in [-0.3, -0.25) is 24.6 Å². The molecule has 2 amide bonds. The Morgan fingerprint density at radius 1 is 1.22 bits per heavy atom. The molecule has 0 unspecified atom stereocenters. The van der Waals surface area contributed by atoms with E-state index in [1.807, 2.05) is 13.0 Å². The molecule has 2 saturated heterocycles. The SMILES string of the molecule is CO[C@]1(COC(=O)c2ccc([N+](=O)[O-])cc2)N2C(=O)[C@@H](NC(=O)COc3ccccc3)[C@H]2SC[C@]1(C)Br. The van der Waals surface area contributed by atoms with Crippen LogP contribution in [0.15, 0.2) is 54.6 Å². The Kier molecular flexibility index (Phi) is 7.76. The number of nitro benzene ring substituents is 1. The lowest BCUT2D eigenvalue weighted by atomic mass is 9.91. The molecule has 4 rings (SSSR count). The van der Waals surface area contributed by atoms with E-state index in [9.17, 15) is 24.5 Å². The van der Waals surface area contributed by atoms with E-state index in [0.717, 1.165) is 0 Å². The number of carbonyl (C=O) groups excluding carboxylic acids is 3. The summed E-state index contributed by atoms with van der Waals surface area (Å²) in [5, 5.41) is 13.1. The number of fused-ring (bicyclic) bond motifs is 1. The van der Waals surface area contributed by atoms with Gasteiger partial charge in [0.15, 0.2) is 12.3 Å². The molecule has 13 heteroatoms. The number of nitrogens with one attached hydrogen (secondary N) is 1. The minimum atomic E-state index is -1.36. The molecular weight excluding hydrogens is 570 g/mol. The van der Waals surface area contributed by atoms with Crippen molar-refractivity contribution in [2.45, 2.75) is 28.4 Å². The number of alkyl halides is 1. The van der Waals surface area contributed by atoms with Crippen LogP contribution in [-0.2, 0) is 19.1 Å². The quantitative estimate of drug-likeness (QED) is 0.153. The second-order valence-corrected chi connectivity index (χ2v) is 11.5. The minimum absolute atomic E-state index is 0.119. The Bertz CT molecular complexity index is 1200. The predicted molar refractivity (Wildman–Crippen MR) is 137 cm³/mol. The van der Waals surface area contributed by atoms with Gasteiger partial charge in [-0.15, -0.1) is 11.8 Å². The number of ether oxygens (including phenoxy) is 3. The van der Waals surface area contributed by atoms with E-state index in [2.05, 4.69) is 21.2 Å². The number of esters is 1. The van der Waals surface area contributed by atoms with Gasteiger partial charge in [0.2, 0.25) is 0 Å². The molecule has 196 valence electrons. The molecule has 2 aromatic carbocycles. The normalized spacial score (nSPS) is 26.5. The van der Waals surface area contributed by atoms with Crippen LogP contribution in [0.1, 0.15) is 17.3 Å². The van der Waals surface area contributed by atoms with Crippen LogP contribution >= 0.6 is 27.7 Å². The second kappa shape index (κ2) is 10.7. The summed E-state index contributed by atoms with van der Waals surface area (Å²) in [5.41, 5.74) is -1.40. The fraction of sp³-hybridized carbons (Fsp3) is 0.375. The third kappa shape index (κ3) is 5.15. The van der Waals surface area contributed by atoms with Crippen LogP contribution in [0.4, 0.5) is 5.69 Å². The number of hydrogen-bond donors (Lipinski definition) is 1. The van der Waals surface area contributed by atoms with Crippen molar-refractivity contribution < 1.29 is 33.5 Å². The highest BCUT2D eigenvalue weighted by Gasteiger charge is 2.67. The zero-order chi connectivity index (χ0) is 26.8. The molecule has 2 heterocycles. The highest BCUT2D eigenvalue weighted by molar-refractivity contribution is 9.10. The maximum Gasteiger partial charge on any atom is 0.338 e. The summed E-state index contributed by atoms with van der Waals surface area (Å²) in [6, 6.07) is 13.1. The van der Waals surface area contributed by atoms with Crippen molar-refractivity contribution in [3.05, 3.63) is 70.3 Å². The highest BCUT2D eigenvalue weighted by atomic mass is 79.9.